The van der Waals surface area contributed by atoms with Gasteiger partial charge in [0.2, 0.25) is 0 Å². The van der Waals surface area contributed by atoms with Crippen molar-refractivity contribution < 1.29 is 4.48 Å². The Balaban J connectivity index is 5.33. The normalized spacial score (nSPS) is 17.6. The summed E-state index contributed by atoms with van der Waals surface area (Å²) in [6.45, 7) is 19.1. The van der Waals surface area contributed by atoms with Gasteiger partial charge in [0, 0.05) is 5.41 Å². The van der Waals surface area contributed by atoms with Gasteiger partial charge in [-0.25, -0.2) is 0 Å². The SMILES string of the molecule is CCC(C)(C)C(C)(CC)[N+](C)(CC)CC. The molecule has 0 aromatic rings. The van der Waals surface area contributed by atoms with Crippen LogP contribution in [-0.2, 0) is 0 Å². The van der Waals surface area contributed by atoms with Gasteiger partial charge in [0.25, 0.3) is 0 Å². The van der Waals surface area contributed by atoms with Crippen molar-refractivity contribution in [1.82, 2.24) is 0 Å². The van der Waals surface area contributed by atoms with Crippen molar-refractivity contribution in [2.24, 2.45) is 5.41 Å². The Labute approximate surface area is 97.5 Å². The van der Waals surface area contributed by atoms with Crippen LogP contribution in [0.3, 0.4) is 0 Å². The van der Waals surface area contributed by atoms with Crippen molar-refractivity contribution in [3.8, 4) is 0 Å². The maximum Gasteiger partial charge on any atom is 0.101 e. The molecule has 0 bridgehead atoms. The van der Waals surface area contributed by atoms with Crippen LogP contribution in [0.15, 0.2) is 0 Å². The van der Waals surface area contributed by atoms with Gasteiger partial charge >= 0.3 is 0 Å². The average molecular weight is 214 g/mol. The van der Waals surface area contributed by atoms with E-state index in [2.05, 4.69) is 55.5 Å². The van der Waals surface area contributed by atoms with Crippen LogP contribution >= 0.6 is 0 Å². The van der Waals surface area contributed by atoms with Crippen molar-refractivity contribution in [2.75, 3.05) is 20.1 Å². The zero-order valence-electron chi connectivity index (χ0n) is 12.3. The molecule has 0 aliphatic rings. The highest BCUT2D eigenvalue weighted by Crippen LogP contribution is 2.44. The molecule has 0 aliphatic heterocycles. The van der Waals surface area contributed by atoms with Crippen LogP contribution in [0.1, 0.15) is 61.3 Å². The van der Waals surface area contributed by atoms with Crippen molar-refractivity contribution >= 4 is 0 Å². The van der Waals surface area contributed by atoms with Crippen LogP contribution in [0.25, 0.3) is 0 Å². The zero-order valence-corrected chi connectivity index (χ0v) is 12.3. The molecular weight excluding hydrogens is 182 g/mol. The van der Waals surface area contributed by atoms with Crippen LogP contribution in [0.5, 0.6) is 0 Å². The predicted molar refractivity (Wildman–Crippen MR) is 70.0 cm³/mol. The zero-order chi connectivity index (χ0) is 12.3. The standard InChI is InChI=1S/C14H32N/c1-9-13(5,6)14(7,10-2)15(8,11-3)12-4/h9-12H2,1-8H3/q+1. The first-order chi connectivity index (χ1) is 6.74. The van der Waals surface area contributed by atoms with Gasteiger partial charge < -0.3 is 4.48 Å². The largest absolute Gasteiger partial charge is 0.321 e. The minimum atomic E-state index is 0.380. The molecule has 1 heteroatoms. The Morgan fingerprint density at radius 2 is 1.20 bits per heavy atom. The fraction of sp³-hybridized carbons (Fsp3) is 1.00. The van der Waals surface area contributed by atoms with Crippen molar-refractivity contribution in [2.45, 2.75) is 66.8 Å². The Kier molecular flexibility index (Phi) is 4.85. The highest BCUT2D eigenvalue weighted by molar-refractivity contribution is 4.90. The molecule has 1 nitrogen and oxygen atoms in total. The molecule has 0 aliphatic carbocycles. The smallest absolute Gasteiger partial charge is 0.101 e. The quantitative estimate of drug-likeness (QED) is 0.585. The second kappa shape index (κ2) is 4.86. The molecule has 0 spiro atoms. The summed E-state index contributed by atoms with van der Waals surface area (Å²) >= 11 is 0. The van der Waals surface area contributed by atoms with Gasteiger partial charge in [0.05, 0.1) is 20.1 Å². The molecule has 0 N–H and O–H groups in total. The Morgan fingerprint density at radius 1 is 0.800 bits per heavy atom. The third kappa shape index (κ3) is 2.22. The fourth-order valence-corrected chi connectivity index (χ4v) is 2.89. The number of rotatable bonds is 6. The first kappa shape index (κ1) is 15.0. The van der Waals surface area contributed by atoms with Gasteiger partial charge in [0.15, 0.2) is 0 Å². The molecule has 0 rings (SSSR count). The maximum absolute atomic E-state index is 2.48. The topological polar surface area (TPSA) is 0 Å². The van der Waals surface area contributed by atoms with Gasteiger partial charge in [-0.15, -0.1) is 0 Å². The van der Waals surface area contributed by atoms with E-state index in [4.69, 9.17) is 0 Å². The predicted octanol–water partition coefficient (Wildman–Crippen LogP) is 4.08. The molecular formula is C14H32N+. The Bertz CT molecular complexity index is 192. The Morgan fingerprint density at radius 3 is 1.40 bits per heavy atom. The van der Waals surface area contributed by atoms with E-state index in [1.807, 2.05) is 0 Å². The van der Waals surface area contributed by atoms with Crippen LogP contribution in [0.2, 0.25) is 0 Å². The van der Waals surface area contributed by atoms with E-state index in [9.17, 15) is 0 Å². The third-order valence-corrected chi connectivity index (χ3v) is 5.62. The lowest BCUT2D eigenvalue weighted by molar-refractivity contribution is -0.963. The van der Waals surface area contributed by atoms with E-state index in [-0.39, 0.29) is 0 Å². The summed E-state index contributed by atoms with van der Waals surface area (Å²) in [5.74, 6) is 0. The number of nitrogens with zero attached hydrogens (tertiary/aromatic N) is 1. The van der Waals surface area contributed by atoms with Crippen molar-refractivity contribution in [3.63, 3.8) is 0 Å². The van der Waals surface area contributed by atoms with E-state index in [1.54, 1.807) is 0 Å². The number of quaternary nitrogens is 1. The van der Waals surface area contributed by atoms with Crippen molar-refractivity contribution in [3.05, 3.63) is 0 Å². The van der Waals surface area contributed by atoms with E-state index in [1.165, 1.54) is 30.4 Å². The summed E-state index contributed by atoms with van der Waals surface area (Å²) < 4.78 is 1.18. The van der Waals surface area contributed by atoms with Gasteiger partial charge in [-0.3, -0.25) is 0 Å². The lowest BCUT2D eigenvalue weighted by Crippen LogP contribution is -2.66. The average Bonchev–Trinajstić information content (AvgIpc) is 2.26. The molecule has 15 heavy (non-hydrogen) atoms. The van der Waals surface area contributed by atoms with Gasteiger partial charge in [-0.1, -0.05) is 27.7 Å². The molecule has 1 unspecified atom stereocenters. The molecule has 92 valence electrons. The first-order valence-corrected chi connectivity index (χ1v) is 6.59. The maximum atomic E-state index is 2.48. The molecule has 0 saturated carbocycles. The van der Waals surface area contributed by atoms with Gasteiger partial charge in [-0.2, -0.15) is 0 Å². The lowest BCUT2D eigenvalue weighted by Gasteiger charge is -2.56. The summed E-state index contributed by atoms with van der Waals surface area (Å²) in [7, 11) is 2.42. The minimum absolute atomic E-state index is 0.380. The molecule has 1 atom stereocenters. The summed E-state index contributed by atoms with van der Waals surface area (Å²) in [5.41, 5.74) is 0.785. The van der Waals surface area contributed by atoms with Gasteiger partial charge in [-0.05, 0) is 33.6 Å². The third-order valence-electron chi connectivity index (χ3n) is 5.62. The van der Waals surface area contributed by atoms with E-state index in [0.29, 0.717) is 11.0 Å². The molecule has 0 radical (unpaired) electrons. The summed E-state index contributed by atoms with van der Waals surface area (Å²) in [6, 6.07) is 0. The molecule has 0 amide bonds. The van der Waals surface area contributed by atoms with Crippen molar-refractivity contribution in [1.29, 1.82) is 0 Å². The van der Waals surface area contributed by atoms with Gasteiger partial charge in [0.1, 0.15) is 5.54 Å². The highest BCUT2D eigenvalue weighted by atomic mass is 15.4. The molecule has 0 heterocycles. The summed E-state index contributed by atoms with van der Waals surface area (Å²) in [6.07, 6.45) is 2.51. The molecule has 0 fully saturated rings. The fourth-order valence-electron chi connectivity index (χ4n) is 2.89. The van der Waals surface area contributed by atoms with Crippen LogP contribution in [0.4, 0.5) is 0 Å². The molecule has 0 saturated heterocycles. The summed E-state index contributed by atoms with van der Waals surface area (Å²) in [5, 5.41) is 0. The lowest BCUT2D eigenvalue weighted by atomic mass is 9.67. The van der Waals surface area contributed by atoms with E-state index in [0.717, 1.165) is 0 Å². The monoisotopic (exact) mass is 214 g/mol. The van der Waals surface area contributed by atoms with Crippen LogP contribution in [0, 0.1) is 5.41 Å². The first-order valence-electron chi connectivity index (χ1n) is 6.59. The molecule has 0 aromatic carbocycles. The minimum Gasteiger partial charge on any atom is -0.321 e. The highest BCUT2D eigenvalue weighted by Gasteiger charge is 2.50. The second-order valence-corrected chi connectivity index (χ2v) is 5.89. The number of hydrogen-bond acceptors (Lipinski definition) is 0. The van der Waals surface area contributed by atoms with E-state index >= 15 is 0 Å². The van der Waals surface area contributed by atoms with Crippen LogP contribution in [-0.4, -0.2) is 30.2 Å². The second-order valence-electron chi connectivity index (χ2n) is 5.89. The Hall–Kier alpha value is -0.0400. The summed E-state index contributed by atoms with van der Waals surface area (Å²) in [4.78, 5) is 0. The number of hydrogen-bond donors (Lipinski definition) is 0. The van der Waals surface area contributed by atoms with E-state index < -0.39 is 0 Å². The van der Waals surface area contributed by atoms with Crippen LogP contribution < -0.4 is 0 Å². The molecule has 0 aromatic heterocycles.